The molecule has 0 fully saturated rings. The van der Waals surface area contributed by atoms with Gasteiger partial charge in [-0.3, -0.25) is 4.99 Å². The van der Waals surface area contributed by atoms with Gasteiger partial charge in [0.05, 0.1) is 10.5 Å². The molecule has 0 aliphatic carbocycles. The van der Waals surface area contributed by atoms with Crippen LogP contribution in [0.4, 0.5) is 0 Å². The fraction of sp³-hybridized carbons (Fsp3) is 0.409. The first kappa shape index (κ1) is 22.0. The van der Waals surface area contributed by atoms with Gasteiger partial charge in [0.25, 0.3) is 0 Å². The van der Waals surface area contributed by atoms with Crippen LogP contribution in [0.5, 0.6) is 0 Å². The molecule has 0 atom stereocenters. The van der Waals surface area contributed by atoms with Gasteiger partial charge in [-0.1, -0.05) is 60.7 Å². The molecule has 0 saturated heterocycles. The van der Waals surface area contributed by atoms with Gasteiger partial charge in [-0.2, -0.15) is 0 Å². The molecule has 0 heterocycles. The minimum atomic E-state index is -3.16. The van der Waals surface area contributed by atoms with E-state index in [2.05, 4.69) is 39.9 Å². The Bertz CT molecular complexity index is 818. The highest BCUT2D eigenvalue weighted by molar-refractivity contribution is 7.92. The number of benzene rings is 2. The molecule has 0 unspecified atom stereocenters. The van der Waals surface area contributed by atoms with Crippen molar-refractivity contribution in [1.82, 2.24) is 10.6 Å². The van der Waals surface area contributed by atoms with Crippen molar-refractivity contribution in [3.05, 3.63) is 71.8 Å². The average molecular weight is 402 g/mol. The summed E-state index contributed by atoms with van der Waals surface area (Å²) in [5.41, 5.74) is 2.43. The van der Waals surface area contributed by atoms with Crippen LogP contribution in [0.2, 0.25) is 0 Å². The molecule has 0 aliphatic rings. The van der Waals surface area contributed by atoms with E-state index in [4.69, 9.17) is 0 Å². The van der Waals surface area contributed by atoms with Crippen LogP contribution < -0.4 is 10.6 Å². The summed E-state index contributed by atoms with van der Waals surface area (Å²) in [5.74, 6) is 0.832. The lowest BCUT2D eigenvalue weighted by atomic mass is 9.91. The van der Waals surface area contributed by atoms with Crippen molar-refractivity contribution in [3.8, 4) is 0 Å². The number of hydrogen-bond donors (Lipinski definition) is 2. The summed E-state index contributed by atoms with van der Waals surface area (Å²) in [5, 5.41) is 6.45. The van der Waals surface area contributed by atoms with Crippen LogP contribution in [0, 0.1) is 0 Å². The number of sulfone groups is 1. The molecule has 0 amide bonds. The smallest absolute Gasteiger partial charge is 0.191 e. The third-order valence-electron chi connectivity index (χ3n) is 4.70. The predicted molar refractivity (Wildman–Crippen MR) is 118 cm³/mol. The quantitative estimate of drug-likeness (QED) is 0.552. The van der Waals surface area contributed by atoms with E-state index < -0.39 is 14.6 Å². The van der Waals surface area contributed by atoms with Crippen LogP contribution in [-0.4, -0.2) is 45.0 Å². The first-order chi connectivity index (χ1) is 13.2. The zero-order chi connectivity index (χ0) is 20.6. The maximum absolute atomic E-state index is 12.3. The zero-order valence-electron chi connectivity index (χ0n) is 17.1. The summed E-state index contributed by atoms with van der Waals surface area (Å²) in [4.78, 5) is 4.23. The van der Waals surface area contributed by atoms with E-state index in [1.165, 1.54) is 11.1 Å². The van der Waals surface area contributed by atoms with Crippen molar-refractivity contribution >= 4 is 15.8 Å². The summed E-state index contributed by atoms with van der Waals surface area (Å²) in [6.45, 7) is 6.14. The summed E-state index contributed by atoms with van der Waals surface area (Å²) in [7, 11) is -1.48. The van der Waals surface area contributed by atoms with Gasteiger partial charge < -0.3 is 10.6 Å². The van der Waals surface area contributed by atoms with E-state index in [9.17, 15) is 8.42 Å². The second-order valence-corrected chi connectivity index (χ2v) is 10.5. The molecule has 2 aromatic carbocycles. The van der Waals surface area contributed by atoms with E-state index in [1.807, 2.05) is 36.4 Å². The monoisotopic (exact) mass is 401 g/mol. The van der Waals surface area contributed by atoms with Crippen LogP contribution in [0.15, 0.2) is 65.7 Å². The van der Waals surface area contributed by atoms with Gasteiger partial charge in [0.1, 0.15) is 0 Å². The van der Waals surface area contributed by atoms with Crippen molar-refractivity contribution in [3.63, 3.8) is 0 Å². The first-order valence-corrected chi connectivity index (χ1v) is 11.2. The molecule has 0 spiro atoms. The Kier molecular flexibility index (Phi) is 7.63. The highest BCUT2D eigenvalue weighted by atomic mass is 32.2. The number of rotatable bonds is 7. The van der Waals surface area contributed by atoms with Gasteiger partial charge in [0, 0.05) is 26.1 Å². The van der Waals surface area contributed by atoms with E-state index in [0.717, 1.165) is 0 Å². The Balaban J connectivity index is 2.01. The standard InChI is InChI=1S/C22H31N3O2S/c1-22(2,3)28(26,27)16-15-24-21(23-4)25-17-20(18-11-7-5-8-12-18)19-13-9-6-10-14-19/h5-14,20H,15-17H2,1-4H3,(H2,23,24,25). The fourth-order valence-electron chi connectivity index (χ4n) is 2.83. The normalized spacial score (nSPS) is 12.8. The lowest BCUT2D eigenvalue weighted by Crippen LogP contribution is -2.43. The highest BCUT2D eigenvalue weighted by Gasteiger charge is 2.28. The second-order valence-electron chi connectivity index (χ2n) is 7.69. The Labute approximate surface area is 169 Å². The molecule has 0 aliphatic heterocycles. The van der Waals surface area contributed by atoms with Crippen molar-refractivity contribution < 1.29 is 8.42 Å². The Morgan fingerprint density at radius 1 is 0.929 bits per heavy atom. The molecule has 0 bridgehead atoms. The molecule has 0 radical (unpaired) electrons. The van der Waals surface area contributed by atoms with Gasteiger partial charge in [-0.25, -0.2) is 8.42 Å². The molecule has 2 N–H and O–H groups in total. The van der Waals surface area contributed by atoms with Gasteiger partial charge >= 0.3 is 0 Å². The number of nitrogens with one attached hydrogen (secondary N) is 2. The topological polar surface area (TPSA) is 70.6 Å². The largest absolute Gasteiger partial charge is 0.355 e. The Morgan fingerprint density at radius 3 is 1.86 bits per heavy atom. The number of guanidine groups is 1. The second kappa shape index (κ2) is 9.73. The fourth-order valence-corrected chi connectivity index (χ4v) is 3.81. The van der Waals surface area contributed by atoms with Gasteiger partial charge in [-0.15, -0.1) is 0 Å². The molecular formula is C22H31N3O2S. The lowest BCUT2D eigenvalue weighted by molar-refractivity contribution is 0.559. The maximum atomic E-state index is 12.3. The van der Waals surface area contributed by atoms with Crippen molar-refractivity contribution in [1.29, 1.82) is 0 Å². The summed E-state index contributed by atoms with van der Waals surface area (Å²) in [6, 6.07) is 20.6. The third kappa shape index (κ3) is 6.09. The highest BCUT2D eigenvalue weighted by Crippen LogP contribution is 2.23. The Hall–Kier alpha value is -2.34. The van der Waals surface area contributed by atoms with Crippen LogP contribution in [0.1, 0.15) is 37.8 Å². The molecule has 0 saturated carbocycles. The Morgan fingerprint density at radius 2 is 1.43 bits per heavy atom. The molecule has 0 aromatic heterocycles. The minimum absolute atomic E-state index is 0.0675. The number of aliphatic imine (C=N–C) groups is 1. The predicted octanol–water partition coefficient (Wildman–Crippen LogP) is 3.20. The van der Waals surface area contributed by atoms with Crippen LogP contribution in [0.3, 0.4) is 0 Å². The van der Waals surface area contributed by atoms with E-state index in [1.54, 1.807) is 27.8 Å². The van der Waals surface area contributed by atoms with Gasteiger partial charge in [0.2, 0.25) is 0 Å². The summed E-state index contributed by atoms with van der Waals surface area (Å²) >= 11 is 0. The van der Waals surface area contributed by atoms with E-state index in [-0.39, 0.29) is 11.7 Å². The number of nitrogens with zero attached hydrogens (tertiary/aromatic N) is 1. The molecule has 2 rings (SSSR count). The minimum Gasteiger partial charge on any atom is -0.355 e. The van der Waals surface area contributed by atoms with Crippen LogP contribution >= 0.6 is 0 Å². The summed E-state index contributed by atoms with van der Waals surface area (Å²) < 4.78 is 23.8. The van der Waals surface area contributed by atoms with Crippen LogP contribution in [-0.2, 0) is 9.84 Å². The van der Waals surface area contributed by atoms with Crippen LogP contribution in [0.25, 0.3) is 0 Å². The van der Waals surface area contributed by atoms with Crippen molar-refractivity contribution in [2.75, 3.05) is 25.9 Å². The molecule has 2 aromatic rings. The zero-order valence-corrected chi connectivity index (χ0v) is 18.0. The summed E-state index contributed by atoms with van der Waals surface area (Å²) in [6.07, 6.45) is 0. The number of hydrogen-bond acceptors (Lipinski definition) is 3. The lowest BCUT2D eigenvalue weighted by Gasteiger charge is -2.22. The van der Waals surface area contributed by atoms with Gasteiger partial charge in [-0.05, 0) is 31.9 Å². The van der Waals surface area contributed by atoms with Crippen molar-refractivity contribution in [2.45, 2.75) is 31.4 Å². The average Bonchev–Trinajstić information content (AvgIpc) is 2.67. The maximum Gasteiger partial charge on any atom is 0.191 e. The third-order valence-corrected chi connectivity index (χ3v) is 7.30. The van der Waals surface area contributed by atoms with E-state index in [0.29, 0.717) is 19.0 Å². The first-order valence-electron chi connectivity index (χ1n) is 9.51. The van der Waals surface area contributed by atoms with Gasteiger partial charge in [0.15, 0.2) is 15.8 Å². The molecular weight excluding hydrogens is 370 g/mol. The molecule has 28 heavy (non-hydrogen) atoms. The van der Waals surface area contributed by atoms with Crippen molar-refractivity contribution in [2.24, 2.45) is 4.99 Å². The molecule has 5 nitrogen and oxygen atoms in total. The SMILES string of the molecule is CN=C(NCCS(=O)(=O)C(C)(C)C)NCC(c1ccccc1)c1ccccc1. The van der Waals surface area contributed by atoms with E-state index >= 15 is 0 Å². The molecule has 152 valence electrons. The molecule has 6 heteroatoms.